The molecule has 49 heavy (non-hydrogen) atoms. The summed E-state index contributed by atoms with van der Waals surface area (Å²) in [7, 11) is 1.61. The zero-order valence-corrected chi connectivity index (χ0v) is 26.7. The molecule has 236 valence electrons. The van der Waals surface area contributed by atoms with Crippen LogP contribution in [-0.2, 0) is 5.54 Å². The molecule has 0 aliphatic carbocycles. The van der Waals surface area contributed by atoms with E-state index in [9.17, 15) is 4.39 Å². The molecule has 0 unspecified atom stereocenters. The maximum absolute atomic E-state index is 14.3. The van der Waals surface area contributed by atoms with Gasteiger partial charge < -0.3 is 4.74 Å². The van der Waals surface area contributed by atoms with Crippen LogP contribution in [0.2, 0.25) is 0 Å². The number of hydrogen-bond acceptors (Lipinski definition) is 4. The average Bonchev–Trinajstić information content (AvgIpc) is 3.62. The van der Waals surface area contributed by atoms with Crippen molar-refractivity contribution < 1.29 is 9.13 Å². The molecule has 0 atom stereocenters. The van der Waals surface area contributed by atoms with Crippen LogP contribution >= 0.6 is 0 Å². The van der Waals surface area contributed by atoms with E-state index >= 15 is 0 Å². The summed E-state index contributed by atoms with van der Waals surface area (Å²) >= 11 is 0. The molecular formula is C43H31FN4O. The van der Waals surface area contributed by atoms with E-state index in [1.165, 1.54) is 12.1 Å². The van der Waals surface area contributed by atoms with Gasteiger partial charge in [-0.25, -0.2) is 9.37 Å². The van der Waals surface area contributed by atoms with Gasteiger partial charge in [-0.1, -0.05) is 97.1 Å². The highest BCUT2D eigenvalue weighted by Crippen LogP contribution is 2.44. The lowest BCUT2D eigenvalue weighted by Crippen LogP contribution is -2.38. The van der Waals surface area contributed by atoms with E-state index in [-0.39, 0.29) is 5.82 Å². The van der Waals surface area contributed by atoms with E-state index in [0.29, 0.717) is 5.88 Å². The number of hydrogen-bond donors (Lipinski definition) is 0. The number of nitrogens with zero attached hydrogens (tertiary/aromatic N) is 4. The molecule has 3 heterocycles. The Bertz CT molecular complexity index is 2260. The zero-order chi connectivity index (χ0) is 33.2. The highest BCUT2D eigenvalue weighted by Gasteiger charge is 2.40. The zero-order valence-electron chi connectivity index (χ0n) is 26.7. The van der Waals surface area contributed by atoms with Crippen molar-refractivity contribution in [1.82, 2.24) is 19.7 Å². The molecule has 0 N–H and O–H groups in total. The fourth-order valence-corrected chi connectivity index (χ4v) is 6.74. The van der Waals surface area contributed by atoms with Gasteiger partial charge >= 0.3 is 0 Å². The first kappa shape index (κ1) is 30.0. The fourth-order valence-electron chi connectivity index (χ4n) is 6.74. The third-order valence-electron chi connectivity index (χ3n) is 9.06. The molecule has 0 spiro atoms. The second-order valence-electron chi connectivity index (χ2n) is 11.8. The maximum Gasteiger partial charge on any atom is 0.212 e. The van der Waals surface area contributed by atoms with Crippen LogP contribution in [0.5, 0.6) is 5.88 Å². The number of aromatic nitrogens is 4. The molecule has 0 aliphatic heterocycles. The molecule has 6 heteroatoms. The number of ether oxygens (including phenoxy) is 1. The quantitative estimate of drug-likeness (QED) is 0.156. The summed E-state index contributed by atoms with van der Waals surface area (Å²) in [4.78, 5) is 9.13. The molecule has 0 bridgehead atoms. The van der Waals surface area contributed by atoms with Crippen LogP contribution in [0.25, 0.3) is 44.4 Å². The van der Waals surface area contributed by atoms with E-state index in [0.717, 1.165) is 61.1 Å². The summed E-state index contributed by atoms with van der Waals surface area (Å²) in [6.45, 7) is 0. The van der Waals surface area contributed by atoms with Gasteiger partial charge in [0.2, 0.25) is 5.88 Å². The molecule has 0 amide bonds. The summed E-state index contributed by atoms with van der Waals surface area (Å²) in [5, 5.41) is 6.40. The largest absolute Gasteiger partial charge is 0.481 e. The maximum atomic E-state index is 14.3. The van der Waals surface area contributed by atoms with Crippen molar-refractivity contribution in [2.45, 2.75) is 5.54 Å². The van der Waals surface area contributed by atoms with E-state index in [4.69, 9.17) is 9.84 Å². The molecule has 0 fully saturated rings. The monoisotopic (exact) mass is 638 g/mol. The van der Waals surface area contributed by atoms with E-state index in [2.05, 4.69) is 106 Å². The van der Waals surface area contributed by atoms with Gasteiger partial charge in [0.05, 0.1) is 12.6 Å². The lowest BCUT2D eigenvalue weighted by Gasteiger charge is -2.36. The van der Waals surface area contributed by atoms with E-state index in [1.807, 2.05) is 54.9 Å². The van der Waals surface area contributed by atoms with Gasteiger partial charge in [0, 0.05) is 46.7 Å². The highest BCUT2D eigenvalue weighted by molar-refractivity contribution is 5.97. The second kappa shape index (κ2) is 12.7. The second-order valence-corrected chi connectivity index (χ2v) is 11.8. The van der Waals surface area contributed by atoms with Crippen LogP contribution in [0.3, 0.4) is 0 Å². The van der Waals surface area contributed by atoms with Crippen molar-refractivity contribution in [2.75, 3.05) is 7.11 Å². The Hall–Kier alpha value is -6.40. The van der Waals surface area contributed by atoms with Crippen molar-refractivity contribution >= 4 is 10.9 Å². The van der Waals surface area contributed by atoms with Crippen LogP contribution in [0.1, 0.15) is 16.7 Å². The van der Waals surface area contributed by atoms with Crippen LogP contribution in [0.15, 0.2) is 170 Å². The van der Waals surface area contributed by atoms with E-state index < -0.39 is 5.54 Å². The number of halogens is 1. The molecule has 5 aromatic carbocycles. The number of methoxy groups -OCH3 is 1. The van der Waals surface area contributed by atoms with Crippen LogP contribution < -0.4 is 4.74 Å². The van der Waals surface area contributed by atoms with Gasteiger partial charge in [-0.3, -0.25) is 9.67 Å². The average molecular weight is 639 g/mol. The number of pyridine rings is 2. The summed E-state index contributed by atoms with van der Waals surface area (Å²) in [6.07, 6.45) is 5.76. The number of fused-ring (bicyclic) bond motifs is 1. The predicted octanol–water partition coefficient (Wildman–Crippen LogP) is 9.82. The minimum Gasteiger partial charge on any atom is -0.481 e. The fraction of sp³-hybridized carbons (Fsp3) is 0.0465. The minimum absolute atomic E-state index is 0.300. The van der Waals surface area contributed by atoms with Crippen molar-refractivity contribution in [1.29, 1.82) is 0 Å². The summed E-state index contributed by atoms with van der Waals surface area (Å²) in [5.74, 6) is 0.254. The Morgan fingerprint density at radius 3 is 1.76 bits per heavy atom. The molecule has 0 aliphatic rings. The number of rotatable bonds is 8. The van der Waals surface area contributed by atoms with Gasteiger partial charge in [0.15, 0.2) is 0 Å². The van der Waals surface area contributed by atoms with E-state index in [1.54, 1.807) is 19.2 Å². The summed E-state index contributed by atoms with van der Waals surface area (Å²) in [5.41, 5.74) is 8.58. The molecular weight excluding hydrogens is 607 g/mol. The molecule has 3 aromatic heterocycles. The molecule has 5 nitrogen and oxygen atoms in total. The summed E-state index contributed by atoms with van der Waals surface area (Å²) < 4.78 is 21.6. The van der Waals surface area contributed by atoms with Crippen molar-refractivity contribution in [3.05, 3.63) is 193 Å². The Kier molecular flexibility index (Phi) is 7.74. The third kappa shape index (κ3) is 5.33. The Morgan fingerprint density at radius 2 is 1.18 bits per heavy atom. The Morgan fingerprint density at radius 1 is 0.592 bits per heavy atom. The summed E-state index contributed by atoms with van der Waals surface area (Å²) in [6, 6.07) is 50.0. The normalized spacial score (nSPS) is 11.5. The molecule has 0 saturated carbocycles. The van der Waals surface area contributed by atoms with Gasteiger partial charge in [0.25, 0.3) is 0 Å². The van der Waals surface area contributed by atoms with Gasteiger partial charge in [0.1, 0.15) is 17.1 Å². The number of benzene rings is 5. The molecule has 0 radical (unpaired) electrons. The van der Waals surface area contributed by atoms with Crippen LogP contribution in [0, 0.1) is 5.82 Å². The van der Waals surface area contributed by atoms with Gasteiger partial charge in [-0.2, -0.15) is 5.10 Å². The van der Waals surface area contributed by atoms with Gasteiger partial charge in [-0.05, 0) is 76.3 Å². The van der Waals surface area contributed by atoms with Crippen molar-refractivity contribution in [3.63, 3.8) is 0 Å². The first-order valence-corrected chi connectivity index (χ1v) is 16.1. The highest BCUT2D eigenvalue weighted by atomic mass is 19.1. The molecule has 8 rings (SSSR count). The topological polar surface area (TPSA) is 52.8 Å². The Balaban J connectivity index is 1.42. The lowest BCUT2D eigenvalue weighted by molar-refractivity contribution is 0.398. The third-order valence-corrected chi connectivity index (χ3v) is 9.06. The smallest absolute Gasteiger partial charge is 0.212 e. The first-order chi connectivity index (χ1) is 24.1. The first-order valence-electron chi connectivity index (χ1n) is 16.1. The lowest BCUT2D eigenvalue weighted by atomic mass is 9.77. The minimum atomic E-state index is -0.824. The predicted molar refractivity (Wildman–Crippen MR) is 193 cm³/mol. The van der Waals surface area contributed by atoms with Gasteiger partial charge in [-0.15, -0.1) is 0 Å². The molecule has 8 aromatic rings. The van der Waals surface area contributed by atoms with Crippen LogP contribution in [-0.4, -0.2) is 26.9 Å². The SMILES string of the molecule is COc1ccc(-c2ccnc3ccc(-c4cn(C(c5ccccc5)(c5ccccc5)c5ccccc5)nc4-c4ccc(F)cc4)cc23)cn1. The standard InChI is InChI=1S/C43H31FN4O/c1-49-41-24-20-32(28-46-41)37-25-26-45-40-23-19-31(27-38(37)40)39-29-48(47-42(39)30-17-21-36(44)22-18-30)43(33-11-5-2-6-12-33,34-13-7-3-8-14-34)35-15-9-4-10-16-35/h2-29H,1H3. The van der Waals surface area contributed by atoms with Crippen molar-refractivity contribution in [2.24, 2.45) is 0 Å². The van der Waals surface area contributed by atoms with Crippen LogP contribution in [0.4, 0.5) is 4.39 Å². The Labute approximate surface area is 284 Å². The van der Waals surface area contributed by atoms with Crippen molar-refractivity contribution in [3.8, 4) is 39.4 Å². The molecule has 0 saturated heterocycles.